The third kappa shape index (κ3) is 2.03. The van der Waals surface area contributed by atoms with Crippen LogP contribution < -0.4 is 5.32 Å². The van der Waals surface area contributed by atoms with Crippen LogP contribution in [0.2, 0.25) is 0 Å². The van der Waals surface area contributed by atoms with Gasteiger partial charge < -0.3 is 5.32 Å². The lowest BCUT2D eigenvalue weighted by molar-refractivity contribution is 1.19. The van der Waals surface area contributed by atoms with Gasteiger partial charge in [0.15, 0.2) is 0 Å². The first-order valence-electron chi connectivity index (χ1n) is 5.28. The van der Waals surface area contributed by atoms with E-state index in [-0.39, 0.29) is 0 Å². The molecule has 0 amide bonds. The predicted molar refractivity (Wildman–Crippen MR) is 66.5 cm³/mol. The van der Waals surface area contributed by atoms with Gasteiger partial charge in [0.25, 0.3) is 0 Å². The van der Waals surface area contributed by atoms with Gasteiger partial charge in [-0.15, -0.1) is 0 Å². The average Bonchev–Trinajstić information content (AvgIpc) is 2.33. The highest BCUT2D eigenvalue weighted by atomic mass is 15.0. The van der Waals surface area contributed by atoms with Crippen molar-refractivity contribution in [3.63, 3.8) is 0 Å². The number of benzene rings is 1. The fraction of sp³-hybridized carbons (Fsp3) is 0.231. The SMILES string of the molecule is CNc1cncc(-c2ccc(C)c(C)c2)n1. The number of hydrogen-bond donors (Lipinski definition) is 1. The standard InChI is InChI=1S/C13H15N3/c1-9-4-5-11(6-10(9)2)12-7-15-8-13(14-3)16-12/h4-8H,1-3H3,(H,14,16). The van der Waals surface area contributed by atoms with Gasteiger partial charge in [0, 0.05) is 12.6 Å². The van der Waals surface area contributed by atoms with Crippen molar-refractivity contribution in [1.29, 1.82) is 0 Å². The number of aryl methyl sites for hydroxylation is 2. The van der Waals surface area contributed by atoms with Gasteiger partial charge in [0.1, 0.15) is 5.82 Å². The van der Waals surface area contributed by atoms with Crippen LogP contribution in [0.25, 0.3) is 11.3 Å². The lowest BCUT2D eigenvalue weighted by Crippen LogP contribution is -1.95. The summed E-state index contributed by atoms with van der Waals surface area (Å²) in [4.78, 5) is 8.62. The molecule has 0 aliphatic rings. The molecule has 0 spiro atoms. The highest BCUT2D eigenvalue weighted by molar-refractivity contribution is 5.61. The molecule has 0 fully saturated rings. The molecule has 2 aromatic rings. The zero-order chi connectivity index (χ0) is 11.5. The molecule has 82 valence electrons. The van der Waals surface area contributed by atoms with Crippen molar-refractivity contribution >= 4 is 5.82 Å². The Labute approximate surface area is 95.6 Å². The first kappa shape index (κ1) is 10.6. The molecule has 1 aromatic heterocycles. The molecule has 0 bridgehead atoms. The second kappa shape index (κ2) is 4.31. The Hall–Kier alpha value is -1.90. The van der Waals surface area contributed by atoms with Gasteiger partial charge in [-0.05, 0) is 31.0 Å². The van der Waals surface area contributed by atoms with Crippen molar-refractivity contribution in [2.75, 3.05) is 12.4 Å². The van der Waals surface area contributed by atoms with E-state index in [0.717, 1.165) is 17.1 Å². The second-order valence-electron chi connectivity index (χ2n) is 3.84. The zero-order valence-corrected chi connectivity index (χ0v) is 9.78. The maximum Gasteiger partial charge on any atom is 0.144 e. The summed E-state index contributed by atoms with van der Waals surface area (Å²) >= 11 is 0. The molecule has 1 heterocycles. The minimum Gasteiger partial charge on any atom is -0.372 e. The largest absolute Gasteiger partial charge is 0.372 e. The van der Waals surface area contributed by atoms with E-state index in [0.29, 0.717) is 0 Å². The van der Waals surface area contributed by atoms with Gasteiger partial charge >= 0.3 is 0 Å². The number of nitrogens with one attached hydrogen (secondary N) is 1. The van der Waals surface area contributed by atoms with Crippen LogP contribution in [-0.2, 0) is 0 Å². The third-order valence-electron chi connectivity index (χ3n) is 2.69. The van der Waals surface area contributed by atoms with E-state index in [1.165, 1.54) is 11.1 Å². The Morgan fingerprint density at radius 3 is 2.56 bits per heavy atom. The maximum absolute atomic E-state index is 4.46. The molecule has 0 aliphatic heterocycles. The van der Waals surface area contributed by atoms with Gasteiger partial charge in [0.05, 0.1) is 18.1 Å². The van der Waals surface area contributed by atoms with Crippen molar-refractivity contribution in [3.05, 3.63) is 41.7 Å². The second-order valence-corrected chi connectivity index (χ2v) is 3.84. The van der Waals surface area contributed by atoms with E-state index in [4.69, 9.17) is 0 Å². The molecule has 1 N–H and O–H groups in total. The number of rotatable bonds is 2. The first-order chi connectivity index (χ1) is 7.70. The van der Waals surface area contributed by atoms with Crippen molar-refractivity contribution in [2.24, 2.45) is 0 Å². The molecule has 2 rings (SSSR count). The van der Waals surface area contributed by atoms with Gasteiger partial charge in [-0.3, -0.25) is 4.98 Å². The summed E-state index contributed by atoms with van der Waals surface area (Å²) in [6.45, 7) is 4.21. The molecule has 16 heavy (non-hydrogen) atoms. The molecule has 0 aliphatic carbocycles. The minimum atomic E-state index is 0.788. The fourth-order valence-corrected chi connectivity index (χ4v) is 1.53. The summed E-state index contributed by atoms with van der Waals surface area (Å²) in [6, 6.07) is 6.32. The van der Waals surface area contributed by atoms with Gasteiger partial charge in [-0.1, -0.05) is 12.1 Å². The van der Waals surface area contributed by atoms with E-state index in [9.17, 15) is 0 Å². The minimum absolute atomic E-state index is 0.788. The molecule has 1 aromatic carbocycles. The van der Waals surface area contributed by atoms with Crippen LogP contribution >= 0.6 is 0 Å². The summed E-state index contributed by atoms with van der Waals surface area (Å²) in [6.07, 6.45) is 3.50. The van der Waals surface area contributed by atoms with Crippen LogP contribution in [0.15, 0.2) is 30.6 Å². The Balaban J connectivity index is 2.46. The van der Waals surface area contributed by atoms with Gasteiger partial charge in [0.2, 0.25) is 0 Å². The predicted octanol–water partition coefficient (Wildman–Crippen LogP) is 2.80. The van der Waals surface area contributed by atoms with Crippen LogP contribution in [0.3, 0.4) is 0 Å². The molecule has 0 unspecified atom stereocenters. The van der Waals surface area contributed by atoms with Crippen LogP contribution in [-0.4, -0.2) is 17.0 Å². The average molecular weight is 213 g/mol. The summed E-state index contributed by atoms with van der Waals surface area (Å²) in [5.41, 5.74) is 4.57. The Bertz CT molecular complexity index is 506. The Kier molecular flexibility index (Phi) is 2.86. The monoisotopic (exact) mass is 213 g/mol. The molecule has 3 heteroatoms. The summed E-state index contributed by atoms with van der Waals surface area (Å²) in [5, 5.41) is 2.99. The maximum atomic E-state index is 4.46. The highest BCUT2D eigenvalue weighted by Crippen LogP contribution is 2.20. The van der Waals surface area contributed by atoms with Crippen molar-refractivity contribution in [2.45, 2.75) is 13.8 Å². The molecular formula is C13H15N3. The van der Waals surface area contributed by atoms with Gasteiger partial charge in [-0.2, -0.15) is 0 Å². The fourth-order valence-electron chi connectivity index (χ4n) is 1.53. The van der Waals surface area contributed by atoms with E-state index < -0.39 is 0 Å². The Morgan fingerprint density at radius 1 is 1.06 bits per heavy atom. The number of nitrogens with zero attached hydrogens (tertiary/aromatic N) is 2. The van der Waals surface area contributed by atoms with Crippen LogP contribution in [0.5, 0.6) is 0 Å². The number of aromatic nitrogens is 2. The quantitative estimate of drug-likeness (QED) is 0.833. The molecule has 0 atom stereocenters. The first-order valence-corrected chi connectivity index (χ1v) is 5.28. The van der Waals surface area contributed by atoms with Gasteiger partial charge in [-0.25, -0.2) is 4.98 Å². The summed E-state index contributed by atoms with van der Waals surface area (Å²) in [5.74, 6) is 0.788. The highest BCUT2D eigenvalue weighted by Gasteiger charge is 2.02. The molecule has 0 saturated heterocycles. The zero-order valence-electron chi connectivity index (χ0n) is 9.78. The molecule has 3 nitrogen and oxygen atoms in total. The molecular weight excluding hydrogens is 198 g/mol. The topological polar surface area (TPSA) is 37.8 Å². The van der Waals surface area contributed by atoms with E-state index in [1.54, 1.807) is 12.4 Å². The van der Waals surface area contributed by atoms with Crippen LogP contribution in [0, 0.1) is 13.8 Å². The van der Waals surface area contributed by atoms with Crippen LogP contribution in [0.4, 0.5) is 5.82 Å². The summed E-state index contributed by atoms with van der Waals surface area (Å²) in [7, 11) is 1.84. The number of anilines is 1. The molecule has 0 saturated carbocycles. The smallest absolute Gasteiger partial charge is 0.144 e. The summed E-state index contributed by atoms with van der Waals surface area (Å²) < 4.78 is 0. The van der Waals surface area contributed by atoms with E-state index in [1.807, 2.05) is 7.05 Å². The number of hydrogen-bond acceptors (Lipinski definition) is 3. The van der Waals surface area contributed by atoms with Crippen LogP contribution in [0.1, 0.15) is 11.1 Å². The Morgan fingerprint density at radius 2 is 1.88 bits per heavy atom. The lowest BCUT2D eigenvalue weighted by Gasteiger charge is -2.06. The normalized spacial score (nSPS) is 10.2. The van der Waals surface area contributed by atoms with E-state index >= 15 is 0 Å². The molecule has 0 radical (unpaired) electrons. The lowest BCUT2D eigenvalue weighted by atomic mass is 10.0. The van der Waals surface area contributed by atoms with Crippen molar-refractivity contribution in [1.82, 2.24) is 9.97 Å². The van der Waals surface area contributed by atoms with Crippen molar-refractivity contribution < 1.29 is 0 Å². The van der Waals surface area contributed by atoms with Crippen molar-refractivity contribution in [3.8, 4) is 11.3 Å². The van der Waals surface area contributed by atoms with E-state index in [2.05, 4.69) is 47.3 Å². The third-order valence-corrected chi connectivity index (χ3v) is 2.69.